The van der Waals surface area contributed by atoms with Gasteiger partial charge in [0.1, 0.15) is 12.3 Å². The van der Waals surface area contributed by atoms with E-state index < -0.39 is 0 Å². The lowest BCUT2D eigenvalue weighted by molar-refractivity contribution is -0.692. The van der Waals surface area contributed by atoms with Crippen molar-refractivity contribution in [2.45, 2.75) is 13.5 Å². The normalized spacial score (nSPS) is 9.79. The SMILES string of the molecule is CC[n+]1ccc2c(O)cccc2c1.[Br-]. The fourth-order valence-electron chi connectivity index (χ4n) is 1.45. The molecule has 0 amide bonds. The number of phenolic OH excluding ortho intramolecular Hbond substituents is 1. The Balaban J connectivity index is 0.000000980. The van der Waals surface area contributed by atoms with Crippen LogP contribution in [0.15, 0.2) is 36.7 Å². The third kappa shape index (κ3) is 1.87. The quantitative estimate of drug-likeness (QED) is 0.639. The van der Waals surface area contributed by atoms with Crippen molar-refractivity contribution in [3.8, 4) is 5.75 Å². The minimum atomic E-state index is 0. The average Bonchev–Trinajstić information content (AvgIpc) is 2.18. The monoisotopic (exact) mass is 253 g/mol. The molecule has 0 saturated heterocycles. The molecular weight excluding hydrogens is 242 g/mol. The maximum atomic E-state index is 9.53. The van der Waals surface area contributed by atoms with Crippen molar-refractivity contribution >= 4 is 10.8 Å². The molecule has 2 rings (SSSR count). The van der Waals surface area contributed by atoms with E-state index in [9.17, 15) is 5.11 Å². The maximum Gasteiger partial charge on any atom is 0.176 e. The van der Waals surface area contributed by atoms with Crippen LogP contribution in [0.25, 0.3) is 10.8 Å². The van der Waals surface area contributed by atoms with Crippen molar-refractivity contribution in [1.29, 1.82) is 0 Å². The second kappa shape index (κ2) is 4.42. The lowest BCUT2D eigenvalue weighted by Crippen LogP contribution is -3.00. The molecule has 0 fully saturated rings. The van der Waals surface area contributed by atoms with E-state index in [1.165, 1.54) is 0 Å². The van der Waals surface area contributed by atoms with Crippen LogP contribution in [0.2, 0.25) is 0 Å². The van der Waals surface area contributed by atoms with Gasteiger partial charge in [0.2, 0.25) is 0 Å². The first kappa shape index (κ1) is 11.0. The van der Waals surface area contributed by atoms with Gasteiger partial charge in [0.15, 0.2) is 12.4 Å². The average molecular weight is 254 g/mol. The molecule has 0 unspecified atom stereocenters. The van der Waals surface area contributed by atoms with Gasteiger partial charge in [-0.15, -0.1) is 0 Å². The number of hydrogen-bond acceptors (Lipinski definition) is 1. The van der Waals surface area contributed by atoms with E-state index in [0.717, 1.165) is 17.3 Å². The number of phenols is 1. The first-order valence-corrected chi connectivity index (χ1v) is 4.42. The minimum absolute atomic E-state index is 0. The summed E-state index contributed by atoms with van der Waals surface area (Å²) in [7, 11) is 0. The van der Waals surface area contributed by atoms with Crippen LogP contribution in [0.3, 0.4) is 0 Å². The van der Waals surface area contributed by atoms with Crippen LogP contribution in [0.4, 0.5) is 0 Å². The molecule has 1 aromatic heterocycles. The van der Waals surface area contributed by atoms with Crippen LogP contribution >= 0.6 is 0 Å². The molecule has 74 valence electrons. The molecule has 0 aliphatic rings. The van der Waals surface area contributed by atoms with Gasteiger partial charge in [-0.3, -0.25) is 0 Å². The summed E-state index contributed by atoms with van der Waals surface area (Å²) >= 11 is 0. The van der Waals surface area contributed by atoms with Crippen LogP contribution in [-0.4, -0.2) is 5.11 Å². The van der Waals surface area contributed by atoms with E-state index in [0.29, 0.717) is 5.75 Å². The third-order valence-corrected chi connectivity index (χ3v) is 2.22. The molecule has 1 heterocycles. The number of aryl methyl sites for hydroxylation is 1. The highest BCUT2D eigenvalue weighted by molar-refractivity contribution is 5.86. The summed E-state index contributed by atoms with van der Waals surface area (Å²) < 4.78 is 2.09. The Bertz CT molecular complexity index is 442. The third-order valence-electron chi connectivity index (χ3n) is 2.22. The molecule has 0 aliphatic carbocycles. The highest BCUT2D eigenvalue weighted by Crippen LogP contribution is 2.21. The van der Waals surface area contributed by atoms with Crippen molar-refractivity contribution in [1.82, 2.24) is 0 Å². The lowest BCUT2D eigenvalue weighted by Gasteiger charge is -1.98. The zero-order valence-corrected chi connectivity index (χ0v) is 9.53. The zero-order chi connectivity index (χ0) is 9.26. The number of fused-ring (bicyclic) bond motifs is 1. The van der Waals surface area contributed by atoms with Gasteiger partial charge in [0, 0.05) is 16.8 Å². The Morgan fingerprint density at radius 3 is 2.79 bits per heavy atom. The van der Waals surface area contributed by atoms with Gasteiger partial charge in [-0.2, -0.15) is 0 Å². The predicted octanol–water partition coefficient (Wildman–Crippen LogP) is -1.14. The summed E-state index contributed by atoms with van der Waals surface area (Å²) in [6.45, 7) is 3.04. The summed E-state index contributed by atoms with van der Waals surface area (Å²) in [5, 5.41) is 11.5. The molecule has 0 aliphatic heterocycles. The molecule has 1 N–H and O–H groups in total. The number of halogens is 1. The number of aromatic nitrogens is 1. The van der Waals surface area contributed by atoms with Crippen molar-refractivity contribution in [2.24, 2.45) is 0 Å². The van der Waals surface area contributed by atoms with Gasteiger partial charge >= 0.3 is 0 Å². The molecule has 14 heavy (non-hydrogen) atoms. The number of hydrogen-bond donors (Lipinski definition) is 1. The fourth-order valence-corrected chi connectivity index (χ4v) is 1.45. The maximum absolute atomic E-state index is 9.53. The van der Waals surface area contributed by atoms with Crippen LogP contribution in [0.1, 0.15) is 6.92 Å². The highest BCUT2D eigenvalue weighted by atomic mass is 79.9. The van der Waals surface area contributed by atoms with E-state index in [1.54, 1.807) is 6.07 Å². The molecule has 3 heteroatoms. The fraction of sp³-hybridized carbons (Fsp3) is 0.182. The van der Waals surface area contributed by atoms with E-state index in [1.807, 2.05) is 30.6 Å². The van der Waals surface area contributed by atoms with E-state index in [2.05, 4.69) is 11.5 Å². The lowest BCUT2D eigenvalue weighted by atomic mass is 10.1. The molecule has 2 nitrogen and oxygen atoms in total. The first-order chi connectivity index (χ1) is 6.31. The molecule has 0 spiro atoms. The number of benzene rings is 1. The van der Waals surface area contributed by atoms with Crippen molar-refractivity contribution in [3.63, 3.8) is 0 Å². The van der Waals surface area contributed by atoms with E-state index in [4.69, 9.17) is 0 Å². The van der Waals surface area contributed by atoms with Crippen molar-refractivity contribution in [2.75, 3.05) is 0 Å². The Hall–Kier alpha value is -1.09. The van der Waals surface area contributed by atoms with E-state index >= 15 is 0 Å². The van der Waals surface area contributed by atoms with Gasteiger partial charge in [0.25, 0.3) is 0 Å². The van der Waals surface area contributed by atoms with Gasteiger partial charge in [-0.25, -0.2) is 4.57 Å². The first-order valence-electron chi connectivity index (χ1n) is 4.42. The van der Waals surface area contributed by atoms with Crippen LogP contribution < -0.4 is 21.5 Å². The van der Waals surface area contributed by atoms with Gasteiger partial charge < -0.3 is 22.1 Å². The van der Waals surface area contributed by atoms with Crippen LogP contribution in [0.5, 0.6) is 5.75 Å². The summed E-state index contributed by atoms with van der Waals surface area (Å²) in [5.41, 5.74) is 0. The molecule has 2 aromatic rings. The van der Waals surface area contributed by atoms with E-state index in [-0.39, 0.29) is 17.0 Å². The van der Waals surface area contributed by atoms with Crippen molar-refractivity contribution < 1.29 is 26.7 Å². The smallest absolute Gasteiger partial charge is 0.176 e. The summed E-state index contributed by atoms with van der Waals surface area (Å²) in [6.07, 6.45) is 4.01. The summed E-state index contributed by atoms with van der Waals surface area (Å²) in [6, 6.07) is 7.51. The predicted molar refractivity (Wildman–Crippen MR) is 51.5 cm³/mol. The topological polar surface area (TPSA) is 24.1 Å². The Kier molecular flexibility index (Phi) is 3.47. The largest absolute Gasteiger partial charge is 1.00 e. The standard InChI is InChI=1S/C11H11NO.BrH/c1-2-12-7-6-10-9(8-12)4-3-5-11(10)13;/h3-8H,2H2,1H3;1H. The molecule has 1 aromatic carbocycles. The molecule has 0 radical (unpaired) electrons. The van der Waals surface area contributed by atoms with Crippen molar-refractivity contribution in [3.05, 3.63) is 36.7 Å². The molecule has 0 bridgehead atoms. The Morgan fingerprint density at radius 1 is 1.29 bits per heavy atom. The molecule has 0 atom stereocenters. The summed E-state index contributed by atoms with van der Waals surface area (Å²) in [4.78, 5) is 0. The van der Waals surface area contributed by atoms with Gasteiger partial charge in [-0.1, -0.05) is 6.07 Å². The molecule has 0 saturated carbocycles. The minimum Gasteiger partial charge on any atom is -1.00 e. The summed E-state index contributed by atoms with van der Waals surface area (Å²) in [5.74, 6) is 0.348. The molecular formula is C11H12BrNO. The van der Waals surface area contributed by atoms with Crippen LogP contribution in [0, 0.1) is 0 Å². The number of aromatic hydroxyl groups is 1. The van der Waals surface area contributed by atoms with Crippen LogP contribution in [-0.2, 0) is 6.54 Å². The second-order valence-electron chi connectivity index (χ2n) is 3.06. The number of pyridine rings is 1. The number of nitrogens with zero attached hydrogens (tertiary/aromatic N) is 1. The number of rotatable bonds is 1. The van der Waals surface area contributed by atoms with Gasteiger partial charge in [0.05, 0.1) is 0 Å². The Labute approximate surface area is 93.6 Å². The highest BCUT2D eigenvalue weighted by Gasteiger charge is 2.02. The second-order valence-corrected chi connectivity index (χ2v) is 3.06. The Morgan fingerprint density at radius 2 is 2.07 bits per heavy atom. The van der Waals surface area contributed by atoms with Gasteiger partial charge in [-0.05, 0) is 19.1 Å². The zero-order valence-electron chi connectivity index (χ0n) is 7.94.